The Morgan fingerprint density at radius 2 is 2.25 bits per heavy atom. The van der Waals surface area contributed by atoms with Crippen LogP contribution in [0.1, 0.15) is 24.4 Å². The van der Waals surface area contributed by atoms with Gasteiger partial charge in [-0.3, -0.25) is 4.98 Å². The number of nitrogens with one attached hydrogen (secondary N) is 1. The maximum atomic E-state index is 13.8. The Balaban J connectivity index is 2.31. The summed E-state index contributed by atoms with van der Waals surface area (Å²) in [5.74, 6) is -0.353. The van der Waals surface area contributed by atoms with Crippen LogP contribution in [0.2, 0.25) is 0 Å². The predicted octanol–water partition coefficient (Wildman–Crippen LogP) is 2.99. The van der Waals surface area contributed by atoms with Crippen molar-refractivity contribution >= 4 is 11.3 Å². The van der Waals surface area contributed by atoms with Gasteiger partial charge in [0, 0.05) is 30.8 Å². The SMILES string of the molecule is COCc1nc(-c2ncccc2F)sc1CNC(C)C. The van der Waals surface area contributed by atoms with E-state index in [0.717, 1.165) is 10.6 Å². The summed E-state index contributed by atoms with van der Waals surface area (Å²) in [7, 11) is 1.63. The number of methoxy groups -OCH3 is 1. The van der Waals surface area contributed by atoms with Gasteiger partial charge in [-0.1, -0.05) is 13.8 Å². The van der Waals surface area contributed by atoms with Crippen LogP contribution in [0.15, 0.2) is 18.3 Å². The van der Waals surface area contributed by atoms with Crippen molar-refractivity contribution in [1.29, 1.82) is 0 Å². The van der Waals surface area contributed by atoms with Crippen LogP contribution in [0, 0.1) is 5.82 Å². The third-order valence-corrected chi connectivity index (χ3v) is 3.80. The zero-order valence-corrected chi connectivity index (χ0v) is 12.6. The first-order valence-corrected chi connectivity index (χ1v) is 7.25. The molecule has 2 aromatic rings. The summed E-state index contributed by atoms with van der Waals surface area (Å²) in [4.78, 5) is 9.59. The summed E-state index contributed by atoms with van der Waals surface area (Å²) in [5, 5.41) is 3.93. The molecular formula is C14H18FN3OS. The molecule has 20 heavy (non-hydrogen) atoms. The monoisotopic (exact) mass is 295 g/mol. The summed E-state index contributed by atoms with van der Waals surface area (Å²) in [6.07, 6.45) is 1.57. The number of ether oxygens (including phenoxy) is 1. The zero-order valence-electron chi connectivity index (χ0n) is 11.8. The number of pyridine rings is 1. The molecule has 2 aromatic heterocycles. The molecule has 0 radical (unpaired) electrons. The Labute approximate surface area is 122 Å². The van der Waals surface area contributed by atoms with Gasteiger partial charge in [0.05, 0.1) is 12.3 Å². The van der Waals surface area contributed by atoms with Gasteiger partial charge in [-0.05, 0) is 12.1 Å². The van der Waals surface area contributed by atoms with E-state index < -0.39 is 0 Å². The van der Waals surface area contributed by atoms with E-state index in [1.165, 1.54) is 17.4 Å². The number of halogens is 1. The van der Waals surface area contributed by atoms with E-state index in [4.69, 9.17) is 4.74 Å². The fraction of sp³-hybridized carbons (Fsp3) is 0.429. The van der Waals surface area contributed by atoms with Gasteiger partial charge >= 0.3 is 0 Å². The van der Waals surface area contributed by atoms with Gasteiger partial charge in [-0.2, -0.15) is 0 Å². The summed E-state index contributed by atoms with van der Waals surface area (Å²) in [6, 6.07) is 3.35. The molecule has 0 aliphatic carbocycles. The van der Waals surface area contributed by atoms with Crippen molar-refractivity contribution in [3.8, 4) is 10.7 Å². The van der Waals surface area contributed by atoms with E-state index in [0.29, 0.717) is 29.9 Å². The first-order chi connectivity index (χ1) is 9.61. The van der Waals surface area contributed by atoms with E-state index in [1.807, 2.05) is 0 Å². The molecule has 0 unspecified atom stereocenters. The van der Waals surface area contributed by atoms with Crippen molar-refractivity contribution in [1.82, 2.24) is 15.3 Å². The lowest BCUT2D eigenvalue weighted by Crippen LogP contribution is -2.21. The van der Waals surface area contributed by atoms with Crippen LogP contribution in [-0.4, -0.2) is 23.1 Å². The Bertz CT molecular complexity index is 571. The van der Waals surface area contributed by atoms with E-state index in [9.17, 15) is 4.39 Å². The molecule has 0 aliphatic heterocycles. The van der Waals surface area contributed by atoms with Crippen molar-refractivity contribution < 1.29 is 9.13 Å². The van der Waals surface area contributed by atoms with Gasteiger partial charge in [0.2, 0.25) is 0 Å². The molecule has 4 nitrogen and oxygen atoms in total. The molecule has 0 saturated heterocycles. The second kappa shape index (κ2) is 6.88. The number of aromatic nitrogens is 2. The molecule has 1 N–H and O–H groups in total. The molecule has 6 heteroatoms. The van der Waals surface area contributed by atoms with Crippen molar-refractivity contribution in [2.24, 2.45) is 0 Å². The Morgan fingerprint density at radius 1 is 1.45 bits per heavy atom. The van der Waals surface area contributed by atoms with Gasteiger partial charge in [-0.25, -0.2) is 9.37 Å². The minimum Gasteiger partial charge on any atom is -0.378 e. The first-order valence-electron chi connectivity index (χ1n) is 6.43. The van der Waals surface area contributed by atoms with Gasteiger partial charge in [-0.15, -0.1) is 11.3 Å². The Hall–Kier alpha value is -1.37. The molecule has 0 aromatic carbocycles. The summed E-state index contributed by atoms with van der Waals surface area (Å²) in [5.41, 5.74) is 1.14. The van der Waals surface area contributed by atoms with Crippen LogP contribution in [0.5, 0.6) is 0 Å². The maximum Gasteiger partial charge on any atom is 0.151 e. The summed E-state index contributed by atoms with van der Waals surface area (Å²) in [6.45, 7) is 5.27. The van der Waals surface area contributed by atoms with Crippen molar-refractivity contribution in [2.45, 2.75) is 33.0 Å². The highest BCUT2D eigenvalue weighted by Gasteiger charge is 2.16. The second-order valence-electron chi connectivity index (χ2n) is 4.69. The molecule has 108 valence electrons. The quantitative estimate of drug-likeness (QED) is 0.890. The zero-order chi connectivity index (χ0) is 14.5. The summed E-state index contributed by atoms with van der Waals surface area (Å²) >= 11 is 1.45. The number of rotatable bonds is 6. The van der Waals surface area contributed by atoms with Crippen LogP contribution >= 0.6 is 11.3 Å². The van der Waals surface area contributed by atoms with E-state index in [2.05, 4.69) is 29.1 Å². The van der Waals surface area contributed by atoms with Crippen molar-refractivity contribution in [3.63, 3.8) is 0 Å². The van der Waals surface area contributed by atoms with E-state index >= 15 is 0 Å². The number of nitrogens with zero attached hydrogens (tertiary/aromatic N) is 2. The summed E-state index contributed by atoms with van der Waals surface area (Å²) < 4.78 is 18.9. The highest BCUT2D eigenvalue weighted by Crippen LogP contribution is 2.28. The minimum absolute atomic E-state index is 0.297. The van der Waals surface area contributed by atoms with Crippen molar-refractivity contribution in [2.75, 3.05) is 7.11 Å². The number of thiazole rings is 1. The van der Waals surface area contributed by atoms with E-state index in [-0.39, 0.29) is 5.82 Å². The highest BCUT2D eigenvalue weighted by atomic mass is 32.1. The number of hydrogen-bond donors (Lipinski definition) is 1. The molecule has 0 atom stereocenters. The van der Waals surface area contributed by atoms with Gasteiger partial charge in [0.1, 0.15) is 10.7 Å². The Kier molecular flexibility index (Phi) is 5.17. The van der Waals surface area contributed by atoms with Crippen LogP contribution < -0.4 is 5.32 Å². The van der Waals surface area contributed by atoms with Crippen LogP contribution in [-0.2, 0) is 17.9 Å². The third kappa shape index (κ3) is 3.59. The minimum atomic E-state index is -0.353. The molecule has 0 spiro atoms. The van der Waals surface area contributed by atoms with Gasteiger partial charge < -0.3 is 10.1 Å². The molecular weight excluding hydrogens is 277 g/mol. The van der Waals surface area contributed by atoms with Crippen LogP contribution in [0.4, 0.5) is 4.39 Å². The van der Waals surface area contributed by atoms with Crippen LogP contribution in [0.25, 0.3) is 10.7 Å². The lowest BCUT2D eigenvalue weighted by Gasteiger charge is -2.07. The van der Waals surface area contributed by atoms with Crippen LogP contribution in [0.3, 0.4) is 0 Å². The number of hydrogen-bond acceptors (Lipinski definition) is 5. The van der Waals surface area contributed by atoms with E-state index in [1.54, 1.807) is 19.4 Å². The fourth-order valence-corrected chi connectivity index (χ4v) is 2.73. The predicted molar refractivity (Wildman–Crippen MR) is 78.0 cm³/mol. The highest BCUT2D eigenvalue weighted by molar-refractivity contribution is 7.15. The van der Waals surface area contributed by atoms with Crippen molar-refractivity contribution in [3.05, 3.63) is 34.7 Å². The molecule has 0 saturated carbocycles. The maximum absolute atomic E-state index is 13.8. The smallest absolute Gasteiger partial charge is 0.151 e. The Morgan fingerprint density at radius 3 is 2.90 bits per heavy atom. The second-order valence-corrected chi connectivity index (χ2v) is 5.77. The topological polar surface area (TPSA) is 47.0 Å². The molecule has 2 heterocycles. The average molecular weight is 295 g/mol. The lowest BCUT2D eigenvalue weighted by atomic mass is 10.3. The largest absolute Gasteiger partial charge is 0.378 e. The fourth-order valence-electron chi connectivity index (χ4n) is 1.71. The standard InChI is InChI=1S/C14H18FN3OS/c1-9(2)17-7-12-11(8-19-3)18-14(20-12)13-10(15)5-4-6-16-13/h4-6,9,17H,7-8H2,1-3H3. The molecule has 0 bridgehead atoms. The third-order valence-electron chi connectivity index (χ3n) is 2.69. The molecule has 0 aliphatic rings. The average Bonchev–Trinajstić information content (AvgIpc) is 2.80. The first kappa shape index (κ1) is 15.0. The molecule has 2 rings (SSSR count). The lowest BCUT2D eigenvalue weighted by molar-refractivity contribution is 0.181. The molecule has 0 fully saturated rings. The van der Waals surface area contributed by atoms with Gasteiger partial charge in [0.25, 0.3) is 0 Å². The van der Waals surface area contributed by atoms with Gasteiger partial charge in [0.15, 0.2) is 5.82 Å². The molecule has 0 amide bonds. The normalized spacial score (nSPS) is 11.2.